The Bertz CT molecular complexity index is 1230. The van der Waals surface area contributed by atoms with Crippen molar-refractivity contribution in [2.24, 2.45) is 0 Å². The number of nitrogens with zero attached hydrogens (tertiary/aromatic N) is 2. The zero-order valence-electron chi connectivity index (χ0n) is 17.4. The summed E-state index contributed by atoms with van der Waals surface area (Å²) in [5.74, 6) is -0.311. The van der Waals surface area contributed by atoms with Gasteiger partial charge in [-0.25, -0.2) is 13.4 Å². The molecule has 1 N–H and O–H groups in total. The summed E-state index contributed by atoms with van der Waals surface area (Å²) in [5.41, 5.74) is 3.17. The summed E-state index contributed by atoms with van der Waals surface area (Å²) >= 11 is 1.34. The number of aromatic nitrogens is 1. The Labute approximate surface area is 181 Å². The summed E-state index contributed by atoms with van der Waals surface area (Å²) < 4.78 is 27.9. The molecule has 1 amide bonds. The van der Waals surface area contributed by atoms with Crippen LogP contribution in [0.15, 0.2) is 35.2 Å². The predicted octanol–water partition coefficient (Wildman–Crippen LogP) is 4.65. The fourth-order valence-corrected chi connectivity index (χ4v) is 6.92. The lowest BCUT2D eigenvalue weighted by atomic mass is 10.1. The van der Waals surface area contributed by atoms with Crippen molar-refractivity contribution in [1.29, 1.82) is 0 Å². The third-order valence-electron chi connectivity index (χ3n) is 5.50. The number of carbonyl (C=O) groups is 1. The van der Waals surface area contributed by atoms with Gasteiger partial charge in [-0.3, -0.25) is 4.79 Å². The van der Waals surface area contributed by atoms with Gasteiger partial charge < -0.3 is 5.32 Å². The smallest absolute Gasteiger partial charge is 0.266 e. The lowest BCUT2D eigenvalue weighted by Crippen LogP contribution is -2.36. The second-order valence-electron chi connectivity index (χ2n) is 7.73. The number of nitrogens with one attached hydrogen (secondary N) is 1. The molecule has 0 spiro atoms. The summed E-state index contributed by atoms with van der Waals surface area (Å²) in [5, 5.41) is 3.84. The second-order valence-corrected chi connectivity index (χ2v) is 10.6. The highest BCUT2D eigenvalue weighted by Crippen LogP contribution is 2.33. The number of amides is 1. The summed E-state index contributed by atoms with van der Waals surface area (Å²) in [6, 6.07) is 8.63. The zero-order chi connectivity index (χ0) is 21.5. The number of rotatable bonds is 4. The van der Waals surface area contributed by atoms with Crippen molar-refractivity contribution in [3.8, 4) is 0 Å². The Kier molecular flexibility index (Phi) is 5.65. The fraction of sp³-hybridized carbons (Fsp3) is 0.364. The molecule has 4 rings (SSSR count). The number of hydrogen-bond donors (Lipinski definition) is 1. The highest BCUT2D eigenvalue weighted by atomic mass is 32.2. The monoisotopic (exact) mass is 443 g/mol. The Morgan fingerprint density at radius 2 is 1.80 bits per heavy atom. The van der Waals surface area contributed by atoms with Crippen LogP contribution in [0.2, 0.25) is 0 Å². The van der Waals surface area contributed by atoms with E-state index >= 15 is 0 Å². The van der Waals surface area contributed by atoms with Crippen LogP contribution in [0, 0.1) is 20.8 Å². The molecule has 0 unspecified atom stereocenters. The second kappa shape index (κ2) is 8.09. The van der Waals surface area contributed by atoms with Gasteiger partial charge in [0.05, 0.1) is 10.6 Å². The van der Waals surface area contributed by atoms with E-state index in [9.17, 15) is 13.2 Å². The van der Waals surface area contributed by atoms with E-state index < -0.39 is 10.0 Å². The maximum Gasteiger partial charge on any atom is 0.266 e. The van der Waals surface area contributed by atoms with Crippen molar-refractivity contribution in [1.82, 2.24) is 9.29 Å². The summed E-state index contributed by atoms with van der Waals surface area (Å²) in [6.45, 7) is 6.89. The van der Waals surface area contributed by atoms with Crippen molar-refractivity contribution in [2.45, 2.75) is 44.9 Å². The number of para-hydroxylation sites is 1. The van der Waals surface area contributed by atoms with Gasteiger partial charge in [0.1, 0.15) is 9.73 Å². The largest absolute Gasteiger partial charge is 0.320 e. The minimum atomic E-state index is -3.66. The van der Waals surface area contributed by atoms with E-state index in [4.69, 9.17) is 0 Å². The molecule has 0 saturated carbocycles. The number of fused-ring (bicyclic) bond motifs is 1. The van der Waals surface area contributed by atoms with Crippen molar-refractivity contribution in [3.05, 3.63) is 52.0 Å². The fourth-order valence-electron chi connectivity index (χ4n) is 4.05. The van der Waals surface area contributed by atoms with Crippen molar-refractivity contribution in [2.75, 3.05) is 18.4 Å². The molecule has 0 atom stereocenters. The van der Waals surface area contributed by atoms with E-state index in [-0.39, 0.29) is 10.8 Å². The lowest BCUT2D eigenvalue weighted by molar-refractivity contribution is 0.103. The van der Waals surface area contributed by atoms with E-state index in [0.29, 0.717) is 23.7 Å². The van der Waals surface area contributed by atoms with Gasteiger partial charge >= 0.3 is 0 Å². The van der Waals surface area contributed by atoms with Crippen LogP contribution in [0.5, 0.6) is 0 Å². The molecule has 158 valence electrons. The first-order valence-electron chi connectivity index (χ1n) is 10.1. The van der Waals surface area contributed by atoms with Crippen LogP contribution >= 0.6 is 11.3 Å². The molecule has 8 heteroatoms. The van der Waals surface area contributed by atoms with Crippen LogP contribution in [0.3, 0.4) is 0 Å². The number of pyridine rings is 1. The van der Waals surface area contributed by atoms with Crippen LogP contribution in [0.1, 0.15) is 45.8 Å². The Hall–Kier alpha value is -2.29. The third kappa shape index (κ3) is 3.75. The Morgan fingerprint density at radius 3 is 2.53 bits per heavy atom. The summed E-state index contributed by atoms with van der Waals surface area (Å²) in [4.78, 5) is 19.2. The first-order chi connectivity index (χ1) is 14.3. The van der Waals surface area contributed by atoms with E-state index in [0.717, 1.165) is 46.3 Å². The maximum atomic E-state index is 13.2. The molecular weight excluding hydrogens is 418 g/mol. The maximum absolute atomic E-state index is 13.2. The molecule has 1 fully saturated rings. The van der Waals surface area contributed by atoms with E-state index in [1.807, 2.05) is 26.8 Å². The number of thiophene rings is 1. The van der Waals surface area contributed by atoms with Crippen LogP contribution in [-0.2, 0) is 10.0 Å². The topological polar surface area (TPSA) is 79.4 Å². The molecule has 30 heavy (non-hydrogen) atoms. The van der Waals surface area contributed by atoms with Crippen LogP contribution < -0.4 is 5.32 Å². The van der Waals surface area contributed by atoms with Gasteiger partial charge in [0, 0.05) is 24.2 Å². The molecule has 6 nitrogen and oxygen atoms in total. The van der Waals surface area contributed by atoms with Gasteiger partial charge in [-0.05, 0) is 62.9 Å². The number of piperidine rings is 1. The number of anilines is 1. The van der Waals surface area contributed by atoms with E-state index in [2.05, 4.69) is 10.3 Å². The number of aryl methyl sites for hydroxylation is 3. The Morgan fingerprint density at radius 1 is 1.10 bits per heavy atom. The Balaban J connectivity index is 1.69. The lowest BCUT2D eigenvalue weighted by Gasteiger charge is -2.26. The average molecular weight is 444 g/mol. The van der Waals surface area contributed by atoms with Gasteiger partial charge in [0.15, 0.2) is 0 Å². The zero-order valence-corrected chi connectivity index (χ0v) is 19.0. The number of sulfonamides is 1. The minimum Gasteiger partial charge on any atom is -0.320 e. The summed E-state index contributed by atoms with van der Waals surface area (Å²) in [7, 11) is -3.66. The molecule has 2 aromatic heterocycles. The van der Waals surface area contributed by atoms with Gasteiger partial charge in [0.25, 0.3) is 5.91 Å². The van der Waals surface area contributed by atoms with Crippen molar-refractivity contribution >= 4 is 43.2 Å². The molecule has 0 radical (unpaired) electrons. The number of carbonyl (C=O) groups excluding carboxylic acids is 1. The highest BCUT2D eigenvalue weighted by Gasteiger charge is 2.29. The van der Waals surface area contributed by atoms with E-state index in [1.54, 1.807) is 24.3 Å². The summed E-state index contributed by atoms with van der Waals surface area (Å²) in [6.07, 6.45) is 2.77. The quantitative estimate of drug-likeness (QED) is 0.637. The van der Waals surface area contributed by atoms with Crippen LogP contribution in [0.4, 0.5) is 5.69 Å². The molecule has 0 aliphatic carbocycles. The van der Waals surface area contributed by atoms with Gasteiger partial charge in [0.2, 0.25) is 10.0 Å². The molecule has 0 bridgehead atoms. The predicted molar refractivity (Wildman–Crippen MR) is 121 cm³/mol. The van der Waals surface area contributed by atoms with Crippen LogP contribution in [-0.4, -0.2) is 36.7 Å². The third-order valence-corrected chi connectivity index (χ3v) is 8.64. The molecule has 1 saturated heterocycles. The first-order valence-corrected chi connectivity index (χ1v) is 12.3. The van der Waals surface area contributed by atoms with Gasteiger partial charge in [-0.15, -0.1) is 11.3 Å². The molecule has 3 aromatic rings. The van der Waals surface area contributed by atoms with Crippen molar-refractivity contribution < 1.29 is 13.2 Å². The first kappa shape index (κ1) is 21.0. The molecule has 3 heterocycles. The van der Waals surface area contributed by atoms with Gasteiger partial charge in [-0.2, -0.15) is 4.31 Å². The van der Waals surface area contributed by atoms with Crippen LogP contribution in [0.25, 0.3) is 10.2 Å². The molecule has 1 aliphatic heterocycles. The minimum absolute atomic E-state index is 0.143. The standard InChI is InChI=1S/C22H25N3O3S2/c1-14-13-15(2)23-22-19(14)16(3)20(29-22)21(26)24-17-9-5-6-10-18(17)30(27,28)25-11-7-4-8-12-25/h5-6,9-10,13H,4,7-8,11-12H2,1-3H3,(H,24,26). The molecular formula is C22H25N3O3S2. The van der Waals surface area contributed by atoms with Crippen molar-refractivity contribution in [3.63, 3.8) is 0 Å². The SMILES string of the molecule is Cc1cc(C)c2c(C)c(C(=O)Nc3ccccc3S(=O)(=O)N3CCCCC3)sc2n1. The number of hydrogen-bond acceptors (Lipinski definition) is 5. The van der Waals surface area contributed by atoms with E-state index in [1.165, 1.54) is 15.6 Å². The normalized spacial score (nSPS) is 15.4. The average Bonchev–Trinajstić information content (AvgIpc) is 3.05. The molecule has 1 aliphatic rings. The molecule has 1 aromatic carbocycles. The highest BCUT2D eigenvalue weighted by molar-refractivity contribution is 7.89. The van der Waals surface area contributed by atoms with Gasteiger partial charge in [-0.1, -0.05) is 18.6 Å². The number of benzene rings is 1.